The second kappa shape index (κ2) is 10.1. The number of amides is 2. The Hall–Kier alpha value is -3.28. The Bertz CT molecular complexity index is 1010. The zero-order valence-electron chi connectivity index (χ0n) is 19.5. The fourth-order valence-electron chi connectivity index (χ4n) is 4.92. The lowest BCUT2D eigenvalue weighted by Gasteiger charge is -2.36. The highest BCUT2D eigenvalue weighted by atomic mass is 16.5. The van der Waals surface area contributed by atoms with E-state index in [1.54, 1.807) is 19.1 Å². The van der Waals surface area contributed by atoms with Crippen molar-refractivity contribution in [2.75, 3.05) is 27.3 Å². The average molecular weight is 449 g/mol. The van der Waals surface area contributed by atoms with Crippen LogP contribution in [-0.2, 0) is 11.2 Å². The summed E-state index contributed by atoms with van der Waals surface area (Å²) in [5.41, 5.74) is 3.39. The molecule has 2 aliphatic heterocycles. The number of carbonyl (C=O) groups excluding carboxylic acids is 2. The molecule has 6 nitrogen and oxygen atoms in total. The highest BCUT2D eigenvalue weighted by Crippen LogP contribution is 2.32. The molecule has 0 aromatic heterocycles. The number of fused-ring (bicyclic) bond motifs is 1. The van der Waals surface area contributed by atoms with Crippen molar-refractivity contribution >= 4 is 17.5 Å². The molecule has 2 heterocycles. The Labute approximate surface area is 195 Å². The number of rotatable bonds is 8. The maximum atomic E-state index is 13.2. The molecule has 2 amide bonds. The van der Waals surface area contributed by atoms with Crippen LogP contribution in [-0.4, -0.2) is 55.0 Å². The number of methoxy groups -OCH3 is 2. The molecular weight excluding hydrogens is 416 g/mol. The molecule has 1 unspecified atom stereocenters. The van der Waals surface area contributed by atoms with Crippen LogP contribution in [0.1, 0.15) is 53.6 Å². The van der Waals surface area contributed by atoms with Gasteiger partial charge < -0.3 is 19.3 Å². The van der Waals surface area contributed by atoms with Gasteiger partial charge in [0.1, 0.15) is 0 Å². The topological polar surface area (TPSA) is 59.1 Å². The summed E-state index contributed by atoms with van der Waals surface area (Å²) in [5, 5.41) is 0. The molecule has 4 rings (SSSR count). The lowest BCUT2D eigenvalue weighted by Crippen LogP contribution is -2.45. The van der Waals surface area contributed by atoms with Crippen LogP contribution >= 0.6 is 0 Å². The van der Waals surface area contributed by atoms with E-state index in [0.29, 0.717) is 24.2 Å². The molecule has 0 radical (unpaired) electrons. The van der Waals surface area contributed by atoms with Gasteiger partial charge in [-0.1, -0.05) is 30.8 Å². The number of carbonyl (C=O) groups is 2. The Morgan fingerprint density at radius 3 is 2.55 bits per heavy atom. The maximum absolute atomic E-state index is 13.2. The number of nitrogens with zero attached hydrogens (tertiary/aromatic N) is 2. The number of hydrogen-bond donors (Lipinski definition) is 0. The number of piperidine rings is 1. The second-order valence-electron chi connectivity index (χ2n) is 8.66. The first-order valence-corrected chi connectivity index (χ1v) is 11.6. The van der Waals surface area contributed by atoms with Crippen molar-refractivity contribution < 1.29 is 19.1 Å². The van der Waals surface area contributed by atoms with Crippen molar-refractivity contribution in [3.63, 3.8) is 0 Å². The smallest absolute Gasteiger partial charge is 0.258 e. The summed E-state index contributed by atoms with van der Waals surface area (Å²) in [6.45, 7) is 5.23. The summed E-state index contributed by atoms with van der Waals surface area (Å²) in [6, 6.07) is 13.7. The molecule has 0 spiro atoms. The van der Waals surface area contributed by atoms with Gasteiger partial charge in [0.05, 0.1) is 14.2 Å². The monoisotopic (exact) mass is 448 g/mol. The fraction of sp³-hybridized carbons (Fsp3) is 0.407. The van der Waals surface area contributed by atoms with E-state index >= 15 is 0 Å². The number of benzene rings is 2. The fourth-order valence-corrected chi connectivity index (χ4v) is 4.92. The summed E-state index contributed by atoms with van der Waals surface area (Å²) in [4.78, 5) is 29.6. The number of ether oxygens (including phenoxy) is 2. The van der Waals surface area contributed by atoms with E-state index in [4.69, 9.17) is 9.47 Å². The maximum Gasteiger partial charge on any atom is 0.258 e. The largest absolute Gasteiger partial charge is 0.493 e. The number of aryl methyl sites for hydroxylation is 1. The van der Waals surface area contributed by atoms with Crippen LogP contribution in [0.5, 0.6) is 11.5 Å². The normalized spacial score (nSPS) is 17.8. The molecule has 1 saturated heterocycles. The van der Waals surface area contributed by atoms with Crippen molar-refractivity contribution in [2.24, 2.45) is 0 Å². The van der Waals surface area contributed by atoms with Crippen LogP contribution in [0, 0.1) is 0 Å². The van der Waals surface area contributed by atoms with Gasteiger partial charge in [-0.3, -0.25) is 9.59 Å². The van der Waals surface area contributed by atoms with E-state index in [1.807, 2.05) is 41.3 Å². The van der Waals surface area contributed by atoms with Crippen molar-refractivity contribution in [3.05, 3.63) is 65.7 Å². The van der Waals surface area contributed by atoms with E-state index in [2.05, 4.69) is 12.6 Å². The summed E-state index contributed by atoms with van der Waals surface area (Å²) < 4.78 is 10.7. The lowest BCUT2D eigenvalue weighted by molar-refractivity contribution is -0.135. The third kappa shape index (κ3) is 4.75. The summed E-state index contributed by atoms with van der Waals surface area (Å²) >= 11 is 0. The Morgan fingerprint density at radius 2 is 1.82 bits per heavy atom. The summed E-state index contributed by atoms with van der Waals surface area (Å²) in [7, 11) is 3.27. The van der Waals surface area contributed by atoms with Gasteiger partial charge in [-0.2, -0.15) is 0 Å². The Kier molecular flexibility index (Phi) is 7.02. The van der Waals surface area contributed by atoms with Crippen molar-refractivity contribution in [2.45, 2.75) is 44.6 Å². The first-order valence-electron chi connectivity index (χ1n) is 11.6. The molecular formula is C27H32N2O4. The third-order valence-electron chi connectivity index (χ3n) is 6.75. The van der Waals surface area contributed by atoms with Gasteiger partial charge in [0.15, 0.2) is 11.5 Å². The van der Waals surface area contributed by atoms with Crippen molar-refractivity contribution in [1.29, 1.82) is 0 Å². The third-order valence-corrected chi connectivity index (χ3v) is 6.75. The standard InChI is InChI=1S/C27H32N2O4/c1-19-22-9-4-5-10-23(22)27(31)28(19)17-15-26(30)29-16-7-6-8-21(29)13-11-20-12-14-24(32-2)25(18-20)33-3/h4-5,9-10,12,14,18,21H,1,6-8,11,13,15-17H2,2-3H3. The first-order chi connectivity index (χ1) is 16.0. The van der Waals surface area contributed by atoms with Gasteiger partial charge in [-0.25, -0.2) is 0 Å². The zero-order valence-corrected chi connectivity index (χ0v) is 19.5. The Morgan fingerprint density at radius 1 is 1.06 bits per heavy atom. The van der Waals surface area contributed by atoms with E-state index < -0.39 is 0 Å². The van der Waals surface area contributed by atoms with Gasteiger partial charge in [0.25, 0.3) is 5.91 Å². The highest BCUT2D eigenvalue weighted by Gasteiger charge is 2.32. The molecule has 0 saturated carbocycles. The predicted octanol–water partition coefficient (Wildman–Crippen LogP) is 4.53. The van der Waals surface area contributed by atoms with Gasteiger partial charge in [0.2, 0.25) is 5.91 Å². The molecule has 2 aromatic rings. The molecule has 0 N–H and O–H groups in total. The van der Waals surface area contributed by atoms with Gasteiger partial charge in [-0.05, 0) is 55.9 Å². The SMILES string of the molecule is C=C1c2ccccc2C(=O)N1CCC(=O)N1CCCCC1CCc1ccc(OC)c(OC)c1. The predicted molar refractivity (Wildman–Crippen MR) is 128 cm³/mol. The molecule has 1 atom stereocenters. The molecule has 0 aliphatic carbocycles. The minimum absolute atomic E-state index is 0.0629. The first kappa shape index (κ1) is 22.9. The van der Waals surface area contributed by atoms with Crippen LogP contribution in [0.2, 0.25) is 0 Å². The highest BCUT2D eigenvalue weighted by molar-refractivity contribution is 6.08. The van der Waals surface area contributed by atoms with Crippen LogP contribution in [0.25, 0.3) is 5.70 Å². The van der Waals surface area contributed by atoms with Crippen molar-refractivity contribution in [3.8, 4) is 11.5 Å². The molecule has 33 heavy (non-hydrogen) atoms. The van der Waals surface area contributed by atoms with Crippen molar-refractivity contribution in [1.82, 2.24) is 9.80 Å². The molecule has 174 valence electrons. The van der Waals surface area contributed by atoms with Crippen LogP contribution < -0.4 is 9.47 Å². The van der Waals surface area contributed by atoms with Gasteiger partial charge in [0, 0.05) is 42.4 Å². The second-order valence-corrected chi connectivity index (χ2v) is 8.66. The molecule has 6 heteroatoms. The van der Waals surface area contributed by atoms with Crippen LogP contribution in [0.4, 0.5) is 0 Å². The molecule has 2 aromatic carbocycles. The van der Waals surface area contributed by atoms with E-state index in [0.717, 1.165) is 55.7 Å². The van der Waals surface area contributed by atoms with Gasteiger partial charge >= 0.3 is 0 Å². The van der Waals surface area contributed by atoms with E-state index in [1.165, 1.54) is 5.56 Å². The molecule has 0 bridgehead atoms. The van der Waals surface area contributed by atoms with Crippen LogP contribution in [0.15, 0.2) is 49.0 Å². The number of likely N-dealkylation sites (tertiary alicyclic amines) is 1. The van der Waals surface area contributed by atoms with Crippen LogP contribution in [0.3, 0.4) is 0 Å². The molecule has 2 aliphatic rings. The van der Waals surface area contributed by atoms with E-state index in [9.17, 15) is 9.59 Å². The minimum atomic E-state index is -0.0629. The average Bonchev–Trinajstić information content (AvgIpc) is 3.10. The van der Waals surface area contributed by atoms with E-state index in [-0.39, 0.29) is 17.9 Å². The zero-order chi connectivity index (χ0) is 23.4. The quantitative estimate of drug-likeness (QED) is 0.595. The van der Waals surface area contributed by atoms with Gasteiger partial charge in [-0.15, -0.1) is 0 Å². The Balaban J connectivity index is 1.36. The lowest BCUT2D eigenvalue weighted by atomic mass is 9.95. The number of hydrogen-bond acceptors (Lipinski definition) is 4. The summed E-state index contributed by atoms with van der Waals surface area (Å²) in [6.07, 6.45) is 5.26. The minimum Gasteiger partial charge on any atom is -0.493 e. The molecule has 1 fully saturated rings. The summed E-state index contributed by atoms with van der Waals surface area (Å²) in [5.74, 6) is 1.50.